The number of aryl methyl sites for hydroxylation is 1. The van der Waals surface area contributed by atoms with Crippen molar-refractivity contribution in [3.05, 3.63) is 54.4 Å². The van der Waals surface area contributed by atoms with E-state index < -0.39 is 0 Å². The Kier molecular flexibility index (Phi) is 5.46. The second kappa shape index (κ2) is 6.65. The molecule has 1 amide bonds. The normalized spacial score (nSPS) is 9.84. The van der Waals surface area contributed by atoms with Gasteiger partial charge in [0, 0.05) is 13.6 Å². The van der Waals surface area contributed by atoms with E-state index in [0.29, 0.717) is 6.54 Å². The lowest BCUT2D eigenvalue weighted by atomic mass is 10.2. The predicted octanol–water partition coefficient (Wildman–Crippen LogP) is -1.44. The summed E-state index contributed by atoms with van der Waals surface area (Å²) < 4.78 is 16.1. The third-order valence-electron chi connectivity index (χ3n) is 2.65. The Hall–Kier alpha value is -1.44. The van der Waals surface area contributed by atoms with Crippen molar-refractivity contribution in [1.29, 1.82) is 0 Å². The van der Waals surface area contributed by atoms with Crippen molar-refractivity contribution in [3.63, 3.8) is 0 Å². The zero-order valence-corrected chi connectivity index (χ0v) is 12.9. The maximum Gasteiger partial charge on any atom is 0.415 e. The molecule has 0 spiro atoms. The van der Waals surface area contributed by atoms with Gasteiger partial charge in [-0.1, -0.05) is 12.1 Å². The summed E-state index contributed by atoms with van der Waals surface area (Å²) in [5.41, 5.74) is 0.892. The fourth-order valence-corrected chi connectivity index (χ4v) is 1.69. The zero-order valence-electron chi connectivity index (χ0n) is 10.8. The van der Waals surface area contributed by atoms with E-state index in [1.54, 1.807) is 47.4 Å². The largest absolute Gasteiger partial charge is 1.00 e. The molecule has 0 radical (unpaired) electrons. The molecule has 1 aromatic carbocycles. The van der Waals surface area contributed by atoms with Crippen molar-refractivity contribution in [3.8, 4) is 0 Å². The van der Waals surface area contributed by atoms with E-state index in [9.17, 15) is 9.18 Å². The summed E-state index contributed by atoms with van der Waals surface area (Å²) in [4.78, 5) is 13.6. The van der Waals surface area contributed by atoms with E-state index in [2.05, 4.69) is 0 Å². The van der Waals surface area contributed by atoms with Gasteiger partial charge < -0.3 is 28.9 Å². The summed E-state index contributed by atoms with van der Waals surface area (Å²) in [6, 6.07) is 6.01. The van der Waals surface area contributed by atoms with Crippen LogP contribution in [0.2, 0.25) is 0 Å². The van der Waals surface area contributed by atoms with Crippen molar-refractivity contribution in [2.75, 3.05) is 7.05 Å². The monoisotopic (exact) mass is 375 g/mol. The highest BCUT2D eigenvalue weighted by Gasteiger charge is 2.16. The maximum atomic E-state index is 12.8. The molecule has 2 aromatic rings. The molecule has 4 nitrogen and oxygen atoms in total. The molecule has 0 aliphatic heterocycles. The lowest BCUT2D eigenvalue weighted by Crippen LogP contribution is -3.00. The number of carbonyl (C=O) groups excluding carboxylic acids is 1. The van der Waals surface area contributed by atoms with Crippen LogP contribution in [0.1, 0.15) is 5.56 Å². The predicted molar refractivity (Wildman–Crippen MR) is 64.3 cm³/mol. The zero-order chi connectivity index (χ0) is 13.1. The second-order valence-corrected chi connectivity index (χ2v) is 4.25. The summed E-state index contributed by atoms with van der Waals surface area (Å²) in [5.74, 6) is -0.273. The molecule has 0 saturated carbocycles. The average Bonchev–Trinajstić information content (AvgIpc) is 2.78. The standard InChI is InChI=1S/C13H15FN3O.HI/c1-15-7-8-17(10-15)13(18)16(2)9-11-3-5-12(14)6-4-11;/h3-8,10H,9H2,1-2H3;1H/q+1;/p-1. The molecule has 19 heavy (non-hydrogen) atoms. The first-order valence-electron chi connectivity index (χ1n) is 5.59. The van der Waals surface area contributed by atoms with Crippen LogP contribution >= 0.6 is 0 Å². The number of nitrogens with zero attached hydrogens (tertiary/aromatic N) is 3. The Morgan fingerprint density at radius 1 is 1.37 bits per heavy atom. The lowest BCUT2D eigenvalue weighted by Gasteiger charge is -2.13. The first-order chi connectivity index (χ1) is 8.56. The third kappa shape index (κ3) is 4.02. The van der Waals surface area contributed by atoms with E-state index >= 15 is 0 Å². The summed E-state index contributed by atoms with van der Waals surface area (Å²) >= 11 is 0. The maximum absolute atomic E-state index is 12.8. The number of carbonyl (C=O) groups is 1. The summed E-state index contributed by atoms with van der Waals surface area (Å²) in [6.07, 6.45) is 5.19. The van der Waals surface area contributed by atoms with Gasteiger partial charge in [-0.3, -0.25) is 0 Å². The van der Waals surface area contributed by atoms with Crippen molar-refractivity contribution >= 4 is 6.03 Å². The van der Waals surface area contributed by atoms with Gasteiger partial charge in [-0.15, -0.1) is 0 Å². The molecule has 102 valence electrons. The van der Waals surface area contributed by atoms with Gasteiger partial charge in [-0.25, -0.2) is 13.8 Å². The first kappa shape index (κ1) is 15.6. The first-order valence-corrected chi connectivity index (χ1v) is 5.59. The van der Waals surface area contributed by atoms with E-state index in [1.165, 1.54) is 16.7 Å². The van der Waals surface area contributed by atoms with Gasteiger partial charge in [0.1, 0.15) is 18.2 Å². The fraction of sp³-hybridized carbons (Fsp3) is 0.231. The van der Waals surface area contributed by atoms with Gasteiger partial charge >= 0.3 is 6.03 Å². The molecule has 6 heteroatoms. The van der Waals surface area contributed by atoms with Crippen LogP contribution in [0, 0.1) is 5.82 Å². The summed E-state index contributed by atoms with van der Waals surface area (Å²) in [5, 5.41) is 0. The fourth-order valence-electron chi connectivity index (χ4n) is 1.69. The molecule has 0 saturated heterocycles. The van der Waals surface area contributed by atoms with E-state index in [4.69, 9.17) is 0 Å². The van der Waals surface area contributed by atoms with Gasteiger partial charge in [0.15, 0.2) is 0 Å². The number of imidazole rings is 1. The van der Waals surface area contributed by atoms with Crippen LogP contribution in [0.4, 0.5) is 9.18 Å². The summed E-state index contributed by atoms with van der Waals surface area (Å²) in [6.45, 7) is 0.445. The number of halogens is 2. The highest BCUT2D eigenvalue weighted by Crippen LogP contribution is 2.06. The molecule has 0 fully saturated rings. The minimum atomic E-state index is -0.273. The molecule has 1 heterocycles. The van der Waals surface area contributed by atoms with Crippen LogP contribution in [0.25, 0.3) is 0 Å². The van der Waals surface area contributed by atoms with Gasteiger partial charge in [0.25, 0.3) is 6.33 Å². The van der Waals surface area contributed by atoms with Crippen molar-refractivity contribution in [1.82, 2.24) is 9.47 Å². The number of benzene rings is 1. The Morgan fingerprint density at radius 2 is 2.00 bits per heavy atom. The molecule has 0 aliphatic carbocycles. The van der Waals surface area contributed by atoms with Crippen LogP contribution in [-0.4, -0.2) is 22.5 Å². The van der Waals surface area contributed by atoms with Crippen molar-refractivity contribution < 1.29 is 37.7 Å². The summed E-state index contributed by atoms with van der Waals surface area (Å²) in [7, 11) is 3.56. The minimum Gasteiger partial charge on any atom is -1.00 e. The minimum absolute atomic E-state index is 0. The number of hydrogen-bond donors (Lipinski definition) is 0. The second-order valence-electron chi connectivity index (χ2n) is 4.25. The van der Waals surface area contributed by atoms with Crippen LogP contribution in [0.15, 0.2) is 43.0 Å². The SMILES string of the molecule is CN(Cc1ccc(F)cc1)C(=O)n1cc[n+](C)c1.[I-]. The Labute approximate surface area is 128 Å². The van der Waals surface area contributed by atoms with Crippen LogP contribution in [0.5, 0.6) is 0 Å². The molecule has 0 aliphatic rings. The Balaban J connectivity index is 0.00000180. The Morgan fingerprint density at radius 3 is 2.53 bits per heavy atom. The molecule has 2 rings (SSSR count). The average molecular weight is 375 g/mol. The third-order valence-corrected chi connectivity index (χ3v) is 2.65. The van der Waals surface area contributed by atoms with E-state index in [0.717, 1.165) is 5.56 Å². The van der Waals surface area contributed by atoms with Crippen LogP contribution in [0.3, 0.4) is 0 Å². The van der Waals surface area contributed by atoms with Gasteiger partial charge in [0.2, 0.25) is 0 Å². The topological polar surface area (TPSA) is 29.1 Å². The Bertz CT molecular complexity index is 553. The molecule has 0 unspecified atom stereocenters. The molecule has 0 bridgehead atoms. The van der Waals surface area contributed by atoms with Gasteiger partial charge in [-0.2, -0.15) is 4.57 Å². The van der Waals surface area contributed by atoms with E-state index in [-0.39, 0.29) is 35.8 Å². The van der Waals surface area contributed by atoms with Gasteiger partial charge in [-0.05, 0) is 17.7 Å². The highest BCUT2D eigenvalue weighted by molar-refractivity contribution is 5.76. The molecular weight excluding hydrogens is 360 g/mol. The number of aromatic nitrogens is 2. The van der Waals surface area contributed by atoms with Crippen molar-refractivity contribution in [2.24, 2.45) is 7.05 Å². The molecule has 0 atom stereocenters. The quantitative estimate of drug-likeness (QED) is 0.467. The smallest absolute Gasteiger partial charge is 0.415 e. The van der Waals surface area contributed by atoms with Crippen LogP contribution in [-0.2, 0) is 13.6 Å². The van der Waals surface area contributed by atoms with Crippen LogP contribution < -0.4 is 28.5 Å². The molecule has 0 N–H and O–H groups in total. The highest BCUT2D eigenvalue weighted by atomic mass is 127. The lowest BCUT2D eigenvalue weighted by molar-refractivity contribution is -0.670. The van der Waals surface area contributed by atoms with Gasteiger partial charge in [0.05, 0.1) is 7.05 Å². The molecule has 1 aromatic heterocycles. The van der Waals surface area contributed by atoms with Crippen molar-refractivity contribution in [2.45, 2.75) is 6.54 Å². The number of amides is 1. The number of rotatable bonds is 2. The molecular formula is C13H15FIN3O. The van der Waals surface area contributed by atoms with E-state index in [1.807, 2.05) is 7.05 Å². The number of hydrogen-bond acceptors (Lipinski definition) is 1.